The molecule has 15 heavy (non-hydrogen) atoms. The van der Waals surface area contributed by atoms with Crippen molar-refractivity contribution in [2.75, 3.05) is 11.1 Å². The first-order valence-electron chi connectivity index (χ1n) is 4.41. The summed E-state index contributed by atoms with van der Waals surface area (Å²) >= 11 is 5.00. The van der Waals surface area contributed by atoms with Gasteiger partial charge in [-0.05, 0) is 18.2 Å². The molecule has 5 heteroatoms. The molecule has 0 radical (unpaired) electrons. The van der Waals surface area contributed by atoms with Gasteiger partial charge in [-0.25, -0.2) is 4.98 Å². The van der Waals surface area contributed by atoms with Crippen LogP contribution in [0, 0.1) is 0 Å². The Hall–Kier alpha value is -1.07. The molecule has 1 heterocycles. The van der Waals surface area contributed by atoms with Crippen LogP contribution in [-0.4, -0.2) is 4.98 Å². The Morgan fingerprint density at radius 2 is 2.33 bits per heavy atom. The van der Waals surface area contributed by atoms with Crippen LogP contribution in [-0.2, 0) is 6.54 Å². The predicted molar refractivity (Wildman–Crippen MR) is 68.0 cm³/mol. The fraction of sp³-hybridized carbons (Fsp3) is 0.100. The van der Waals surface area contributed by atoms with E-state index in [2.05, 4.69) is 26.2 Å². The van der Waals surface area contributed by atoms with E-state index in [-0.39, 0.29) is 0 Å². The van der Waals surface area contributed by atoms with Crippen LogP contribution in [0.4, 0.5) is 11.4 Å². The Morgan fingerprint density at radius 3 is 3.07 bits per heavy atom. The fourth-order valence-electron chi connectivity index (χ4n) is 1.19. The first-order chi connectivity index (χ1) is 7.25. The van der Waals surface area contributed by atoms with Crippen LogP contribution in [0.1, 0.15) is 5.69 Å². The van der Waals surface area contributed by atoms with E-state index in [0.29, 0.717) is 6.54 Å². The summed E-state index contributed by atoms with van der Waals surface area (Å²) in [6, 6.07) is 5.75. The topological polar surface area (TPSA) is 50.9 Å². The van der Waals surface area contributed by atoms with Crippen molar-refractivity contribution < 1.29 is 0 Å². The predicted octanol–water partition coefficient (Wildman–Crippen LogP) is 3.10. The first-order valence-corrected chi connectivity index (χ1v) is 6.15. The van der Waals surface area contributed by atoms with E-state index in [4.69, 9.17) is 5.73 Å². The zero-order valence-electron chi connectivity index (χ0n) is 7.90. The number of nitrogens with one attached hydrogen (secondary N) is 1. The van der Waals surface area contributed by atoms with Crippen molar-refractivity contribution in [2.45, 2.75) is 6.54 Å². The molecule has 0 atom stereocenters. The third-order valence-electron chi connectivity index (χ3n) is 1.96. The average molecular weight is 284 g/mol. The highest BCUT2D eigenvalue weighted by Crippen LogP contribution is 2.23. The minimum absolute atomic E-state index is 0.699. The van der Waals surface area contributed by atoms with Crippen molar-refractivity contribution in [3.63, 3.8) is 0 Å². The summed E-state index contributed by atoms with van der Waals surface area (Å²) in [5, 5.41) is 5.26. The molecule has 2 aromatic rings. The Balaban J connectivity index is 2.07. The van der Waals surface area contributed by atoms with Gasteiger partial charge in [0.05, 0.1) is 29.1 Å². The number of benzene rings is 1. The number of nitrogens with two attached hydrogens (primary N) is 1. The summed E-state index contributed by atoms with van der Waals surface area (Å²) in [7, 11) is 0. The third-order valence-corrected chi connectivity index (χ3v) is 3.09. The molecular weight excluding hydrogens is 274 g/mol. The smallest absolute Gasteiger partial charge is 0.0795 e. The van der Waals surface area contributed by atoms with Crippen LogP contribution in [0.25, 0.3) is 0 Å². The van der Waals surface area contributed by atoms with E-state index in [1.54, 1.807) is 11.3 Å². The van der Waals surface area contributed by atoms with Gasteiger partial charge in [-0.1, -0.05) is 15.9 Å². The van der Waals surface area contributed by atoms with Crippen LogP contribution >= 0.6 is 27.3 Å². The fourth-order valence-corrected chi connectivity index (χ4v) is 2.11. The van der Waals surface area contributed by atoms with Crippen molar-refractivity contribution in [3.05, 3.63) is 39.3 Å². The van der Waals surface area contributed by atoms with Gasteiger partial charge < -0.3 is 11.1 Å². The summed E-state index contributed by atoms with van der Waals surface area (Å²) < 4.78 is 1.01. The number of halogens is 1. The van der Waals surface area contributed by atoms with Crippen molar-refractivity contribution in [3.8, 4) is 0 Å². The standard InChI is InChI=1S/C10H10BrN3S/c11-7-1-2-9(12)10(3-7)13-4-8-5-15-6-14-8/h1-3,5-6,13H,4,12H2. The average Bonchev–Trinajstić information content (AvgIpc) is 2.72. The van der Waals surface area contributed by atoms with Gasteiger partial charge in [0.15, 0.2) is 0 Å². The van der Waals surface area contributed by atoms with E-state index in [9.17, 15) is 0 Å². The molecule has 1 aromatic heterocycles. The minimum atomic E-state index is 0.699. The van der Waals surface area contributed by atoms with Gasteiger partial charge in [-0.15, -0.1) is 11.3 Å². The highest BCUT2D eigenvalue weighted by Gasteiger charge is 2.00. The van der Waals surface area contributed by atoms with Crippen LogP contribution in [0.15, 0.2) is 33.6 Å². The Kier molecular flexibility index (Phi) is 3.23. The molecule has 0 amide bonds. The van der Waals surface area contributed by atoms with Gasteiger partial charge in [0, 0.05) is 9.85 Å². The van der Waals surface area contributed by atoms with E-state index < -0.39 is 0 Å². The van der Waals surface area contributed by atoms with Crippen molar-refractivity contribution in [1.82, 2.24) is 4.98 Å². The van der Waals surface area contributed by atoms with E-state index in [1.165, 1.54) is 0 Å². The molecule has 0 aliphatic carbocycles. The van der Waals surface area contributed by atoms with Gasteiger partial charge in [0.25, 0.3) is 0 Å². The molecule has 0 aliphatic heterocycles. The van der Waals surface area contributed by atoms with Crippen LogP contribution < -0.4 is 11.1 Å². The lowest BCUT2D eigenvalue weighted by molar-refractivity contribution is 1.07. The zero-order chi connectivity index (χ0) is 10.7. The second kappa shape index (κ2) is 4.63. The summed E-state index contributed by atoms with van der Waals surface area (Å²) in [6.07, 6.45) is 0. The SMILES string of the molecule is Nc1ccc(Br)cc1NCc1cscn1. The van der Waals surface area contributed by atoms with E-state index >= 15 is 0 Å². The first kappa shape index (κ1) is 10.4. The maximum absolute atomic E-state index is 5.83. The molecular formula is C10H10BrN3S. The second-order valence-corrected chi connectivity index (χ2v) is 4.70. The van der Waals surface area contributed by atoms with Crippen LogP contribution in [0.3, 0.4) is 0 Å². The Labute approximate surface area is 100 Å². The molecule has 0 spiro atoms. The molecule has 1 aromatic carbocycles. The molecule has 0 fully saturated rings. The largest absolute Gasteiger partial charge is 0.397 e. The number of aromatic nitrogens is 1. The number of thiazole rings is 1. The molecule has 0 aliphatic rings. The van der Waals surface area contributed by atoms with Crippen molar-refractivity contribution in [2.24, 2.45) is 0 Å². The van der Waals surface area contributed by atoms with Gasteiger partial charge in [-0.3, -0.25) is 0 Å². The maximum Gasteiger partial charge on any atom is 0.0795 e. The molecule has 2 rings (SSSR count). The van der Waals surface area contributed by atoms with Gasteiger partial charge in [-0.2, -0.15) is 0 Å². The van der Waals surface area contributed by atoms with Gasteiger partial charge in [0.1, 0.15) is 0 Å². The Bertz CT molecular complexity index is 442. The molecule has 0 unspecified atom stereocenters. The van der Waals surface area contributed by atoms with E-state index in [1.807, 2.05) is 29.1 Å². The lowest BCUT2D eigenvalue weighted by Crippen LogP contribution is -2.02. The lowest BCUT2D eigenvalue weighted by Gasteiger charge is -2.08. The quantitative estimate of drug-likeness (QED) is 0.851. The molecule has 3 N–H and O–H groups in total. The normalized spacial score (nSPS) is 10.2. The summed E-state index contributed by atoms with van der Waals surface area (Å²) in [6.45, 7) is 0.699. The zero-order valence-corrected chi connectivity index (χ0v) is 10.3. The number of anilines is 2. The second-order valence-electron chi connectivity index (χ2n) is 3.06. The van der Waals surface area contributed by atoms with Gasteiger partial charge >= 0.3 is 0 Å². The van der Waals surface area contributed by atoms with Crippen LogP contribution in [0.2, 0.25) is 0 Å². The number of nitrogen functional groups attached to an aromatic ring is 1. The summed E-state index contributed by atoms with van der Waals surface area (Å²) in [5.74, 6) is 0. The van der Waals surface area contributed by atoms with E-state index in [0.717, 1.165) is 21.5 Å². The van der Waals surface area contributed by atoms with Crippen molar-refractivity contribution >= 4 is 38.6 Å². The van der Waals surface area contributed by atoms with Gasteiger partial charge in [0.2, 0.25) is 0 Å². The molecule has 3 nitrogen and oxygen atoms in total. The lowest BCUT2D eigenvalue weighted by atomic mass is 10.2. The molecule has 0 saturated heterocycles. The summed E-state index contributed by atoms with van der Waals surface area (Å²) in [4.78, 5) is 4.19. The number of hydrogen-bond acceptors (Lipinski definition) is 4. The molecule has 78 valence electrons. The highest BCUT2D eigenvalue weighted by molar-refractivity contribution is 9.10. The summed E-state index contributed by atoms with van der Waals surface area (Å²) in [5.41, 5.74) is 10.3. The monoisotopic (exact) mass is 283 g/mol. The molecule has 0 saturated carbocycles. The third kappa shape index (κ3) is 2.70. The number of rotatable bonds is 3. The number of hydrogen-bond donors (Lipinski definition) is 2. The minimum Gasteiger partial charge on any atom is -0.397 e. The Morgan fingerprint density at radius 1 is 1.47 bits per heavy atom. The number of nitrogens with zero attached hydrogens (tertiary/aromatic N) is 1. The van der Waals surface area contributed by atoms with Crippen LogP contribution in [0.5, 0.6) is 0 Å². The molecule has 0 bridgehead atoms. The highest BCUT2D eigenvalue weighted by atomic mass is 79.9. The van der Waals surface area contributed by atoms with Crippen molar-refractivity contribution in [1.29, 1.82) is 0 Å². The maximum atomic E-state index is 5.83.